The van der Waals surface area contributed by atoms with Gasteiger partial charge in [0.25, 0.3) is 0 Å². The van der Waals surface area contributed by atoms with E-state index < -0.39 is 28.4 Å². The van der Waals surface area contributed by atoms with E-state index in [1.165, 1.54) is 30.3 Å². The summed E-state index contributed by atoms with van der Waals surface area (Å²) in [6.07, 6.45) is 0.0447. The van der Waals surface area contributed by atoms with E-state index in [0.717, 1.165) is 0 Å². The lowest BCUT2D eigenvalue weighted by Crippen LogP contribution is -2.24. The van der Waals surface area contributed by atoms with Gasteiger partial charge in [0.2, 0.25) is 15.8 Å². The number of sulfonamides is 1. The molecule has 0 aromatic heterocycles. The maximum atomic E-state index is 12.0. The Balaban J connectivity index is 1.99. The van der Waals surface area contributed by atoms with Crippen LogP contribution in [0.5, 0.6) is 0 Å². The molecule has 2 aromatic rings. The number of ketones is 1. The summed E-state index contributed by atoms with van der Waals surface area (Å²) in [4.78, 5) is 24.0. The van der Waals surface area contributed by atoms with E-state index in [1.54, 1.807) is 18.2 Å². The Morgan fingerprint density at radius 2 is 1.78 bits per heavy atom. The van der Waals surface area contributed by atoms with Crippen LogP contribution >= 0.6 is 11.6 Å². The number of nitrogens with zero attached hydrogens (tertiary/aromatic N) is 1. The molecule has 0 saturated heterocycles. The molecular weight excluding hydrogens is 392 g/mol. The van der Waals surface area contributed by atoms with Gasteiger partial charge in [-0.3, -0.25) is 4.79 Å². The topological polar surface area (TPSA) is 113 Å². The third kappa shape index (κ3) is 5.62. The second-order valence-corrected chi connectivity index (χ2v) is 7.48. The molecule has 0 aliphatic carbocycles. The van der Waals surface area contributed by atoms with Crippen molar-refractivity contribution in [3.63, 3.8) is 0 Å². The molecule has 2 aromatic carbocycles. The third-order valence-electron chi connectivity index (χ3n) is 3.44. The van der Waals surface area contributed by atoms with Gasteiger partial charge in [-0.25, -0.2) is 17.9 Å². The monoisotopic (exact) mass is 406 g/mol. The van der Waals surface area contributed by atoms with Gasteiger partial charge in [-0.15, -0.1) is 0 Å². The summed E-state index contributed by atoms with van der Waals surface area (Å²) in [6, 6.07) is 13.3. The molecule has 2 rings (SSSR count). The van der Waals surface area contributed by atoms with Crippen molar-refractivity contribution in [1.29, 1.82) is 5.26 Å². The van der Waals surface area contributed by atoms with Crippen molar-refractivity contribution >= 4 is 33.4 Å². The highest BCUT2D eigenvalue weighted by atomic mass is 35.5. The molecule has 140 valence electrons. The van der Waals surface area contributed by atoms with Crippen LogP contribution in [0.25, 0.3) is 0 Å². The van der Waals surface area contributed by atoms with Gasteiger partial charge in [0, 0.05) is 18.5 Å². The molecule has 0 radical (unpaired) electrons. The number of esters is 1. The smallest absolute Gasteiger partial charge is 0.338 e. The Morgan fingerprint density at radius 3 is 2.41 bits per heavy atom. The molecule has 0 amide bonds. The average Bonchev–Trinajstić information content (AvgIpc) is 2.66. The Bertz CT molecular complexity index is 982. The fraction of sp³-hybridized carbons (Fsp3) is 0.167. The van der Waals surface area contributed by atoms with Gasteiger partial charge in [0.1, 0.15) is 0 Å². The lowest BCUT2D eigenvalue weighted by molar-refractivity contribution is 0.0474. The van der Waals surface area contributed by atoms with Crippen LogP contribution in [0.4, 0.5) is 0 Å². The predicted molar refractivity (Wildman–Crippen MR) is 97.9 cm³/mol. The zero-order valence-electron chi connectivity index (χ0n) is 14.0. The average molecular weight is 407 g/mol. The molecule has 0 heterocycles. The van der Waals surface area contributed by atoms with Gasteiger partial charge in [-0.05, 0) is 36.4 Å². The number of hydrogen-bond donors (Lipinski definition) is 1. The van der Waals surface area contributed by atoms with E-state index in [-0.39, 0.29) is 34.0 Å². The van der Waals surface area contributed by atoms with Gasteiger partial charge in [0.05, 0.1) is 21.6 Å². The SMILES string of the molecule is N#CCCNS(=O)(=O)c1ccc(C(=O)OCC(=O)c2ccccc2Cl)cc1. The van der Waals surface area contributed by atoms with Crippen LogP contribution < -0.4 is 4.72 Å². The van der Waals surface area contributed by atoms with Gasteiger partial charge in [0.15, 0.2) is 6.61 Å². The molecule has 9 heteroatoms. The summed E-state index contributed by atoms with van der Waals surface area (Å²) in [6.45, 7) is -0.495. The first-order valence-electron chi connectivity index (χ1n) is 7.76. The fourth-order valence-corrected chi connectivity index (χ4v) is 3.35. The predicted octanol–water partition coefficient (Wildman–Crippen LogP) is 2.57. The third-order valence-corrected chi connectivity index (χ3v) is 5.24. The number of rotatable bonds is 8. The van der Waals surface area contributed by atoms with Crippen LogP contribution in [0, 0.1) is 11.3 Å². The lowest BCUT2D eigenvalue weighted by Gasteiger charge is -2.07. The molecule has 0 unspecified atom stereocenters. The van der Waals surface area contributed by atoms with Crippen molar-refractivity contribution in [2.45, 2.75) is 11.3 Å². The normalized spacial score (nSPS) is 10.8. The molecular formula is C18H15ClN2O5S. The van der Waals surface area contributed by atoms with Crippen LogP contribution in [0.1, 0.15) is 27.1 Å². The van der Waals surface area contributed by atoms with E-state index in [0.29, 0.717) is 0 Å². The molecule has 0 atom stereocenters. The second-order valence-electron chi connectivity index (χ2n) is 5.31. The zero-order chi connectivity index (χ0) is 19.9. The molecule has 1 N–H and O–H groups in total. The van der Waals surface area contributed by atoms with Gasteiger partial charge >= 0.3 is 5.97 Å². The van der Waals surface area contributed by atoms with Crippen molar-refractivity contribution in [2.24, 2.45) is 0 Å². The number of halogens is 1. The number of nitriles is 1. The summed E-state index contributed by atoms with van der Waals surface area (Å²) in [5.74, 6) is -1.22. The first-order chi connectivity index (χ1) is 12.8. The first-order valence-corrected chi connectivity index (χ1v) is 9.63. The summed E-state index contributed by atoms with van der Waals surface area (Å²) in [5.41, 5.74) is 0.342. The lowest BCUT2D eigenvalue weighted by atomic mass is 10.1. The molecule has 0 spiro atoms. The Kier molecular flexibility index (Phi) is 7.07. The number of Topliss-reactive ketones (excluding diaryl/α,β-unsaturated/α-hetero) is 1. The van der Waals surface area contributed by atoms with Crippen molar-refractivity contribution in [1.82, 2.24) is 4.72 Å². The fourth-order valence-electron chi connectivity index (χ4n) is 2.07. The highest BCUT2D eigenvalue weighted by Gasteiger charge is 2.16. The first kappa shape index (κ1) is 20.6. The molecule has 0 aliphatic heterocycles. The van der Waals surface area contributed by atoms with Crippen molar-refractivity contribution in [2.75, 3.05) is 13.2 Å². The standard InChI is InChI=1S/C18H15ClN2O5S/c19-16-5-2-1-4-15(16)17(22)12-26-18(23)13-6-8-14(9-7-13)27(24,25)21-11-3-10-20/h1-2,4-9,21H,3,11-12H2. The van der Waals surface area contributed by atoms with Crippen LogP contribution in [0.3, 0.4) is 0 Å². The van der Waals surface area contributed by atoms with Crippen molar-refractivity contribution < 1.29 is 22.7 Å². The zero-order valence-corrected chi connectivity index (χ0v) is 15.6. The van der Waals surface area contributed by atoms with Crippen LogP contribution in [-0.2, 0) is 14.8 Å². The summed E-state index contributed by atoms with van der Waals surface area (Å²) in [7, 11) is -3.76. The van der Waals surface area contributed by atoms with Crippen LogP contribution in [0.2, 0.25) is 5.02 Å². The molecule has 27 heavy (non-hydrogen) atoms. The number of carbonyl (C=O) groups is 2. The largest absolute Gasteiger partial charge is 0.454 e. The van der Waals surface area contributed by atoms with E-state index in [9.17, 15) is 18.0 Å². The van der Waals surface area contributed by atoms with E-state index in [4.69, 9.17) is 21.6 Å². The molecule has 0 bridgehead atoms. The molecule has 0 fully saturated rings. The number of carbonyl (C=O) groups excluding carboxylic acids is 2. The highest BCUT2D eigenvalue weighted by molar-refractivity contribution is 7.89. The minimum atomic E-state index is -3.76. The van der Waals surface area contributed by atoms with Gasteiger partial charge < -0.3 is 4.74 Å². The van der Waals surface area contributed by atoms with E-state index in [1.807, 2.05) is 6.07 Å². The highest BCUT2D eigenvalue weighted by Crippen LogP contribution is 2.16. The van der Waals surface area contributed by atoms with Crippen LogP contribution in [-0.4, -0.2) is 33.3 Å². The number of hydrogen-bond acceptors (Lipinski definition) is 6. The minimum Gasteiger partial charge on any atom is -0.454 e. The molecule has 7 nitrogen and oxygen atoms in total. The van der Waals surface area contributed by atoms with Gasteiger partial charge in [-0.1, -0.05) is 23.7 Å². The number of nitrogens with one attached hydrogen (secondary N) is 1. The van der Waals surface area contributed by atoms with E-state index >= 15 is 0 Å². The second kappa shape index (κ2) is 9.28. The van der Waals surface area contributed by atoms with Crippen molar-refractivity contribution in [3.05, 3.63) is 64.7 Å². The summed E-state index contributed by atoms with van der Waals surface area (Å²) < 4.78 is 31.2. The quantitative estimate of drug-likeness (QED) is 0.409. The van der Waals surface area contributed by atoms with Crippen LogP contribution in [0.15, 0.2) is 53.4 Å². The van der Waals surface area contributed by atoms with Gasteiger partial charge in [-0.2, -0.15) is 5.26 Å². The molecule has 0 saturated carbocycles. The molecule has 0 aliphatic rings. The number of ether oxygens (including phenoxy) is 1. The Hall–Kier alpha value is -2.73. The Labute approximate surface area is 161 Å². The summed E-state index contributed by atoms with van der Waals surface area (Å²) in [5, 5.41) is 8.70. The maximum absolute atomic E-state index is 12.0. The van der Waals surface area contributed by atoms with E-state index in [2.05, 4.69) is 4.72 Å². The minimum absolute atomic E-state index is 0.00716. The van der Waals surface area contributed by atoms with Crippen molar-refractivity contribution in [3.8, 4) is 6.07 Å². The number of benzene rings is 2. The Morgan fingerprint density at radius 1 is 1.11 bits per heavy atom. The summed E-state index contributed by atoms with van der Waals surface area (Å²) >= 11 is 5.92. The maximum Gasteiger partial charge on any atom is 0.338 e.